The Balaban J connectivity index is 2.36. The summed E-state index contributed by atoms with van der Waals surface area (Å²) in [6.45, 7) is 3.66. The summed E-state index contributed by atoms with van der Waals surface area (Å²) in [4.78, 5) is 12.8. The van der Waals surface area contributed by atoms with Gasteiger partial charge in [0.15, 0.2) is 0 Å². The number of nitrogens with one attached hydrogen (secondary N) is 1. The van der Waals surface area contributed by atoms with Gasteiger partial charge < -0.3 is 5.32 Å². The Morgan fingerprint density at radius 2 is 1.73 bits per heavy atom. The zero-order valence-electron chi connectivity index (χ0n) is 14.7. The quantitative estimate of drug-likeness (QED) is 0.756. The van der Waals surface area contributed by atoms with E-state index in [0.717, 1.165) is 16.1 Å². The molecule has 0 aliphatic rings. The minimum absolute atomic E-state index is 0.300. The largest absolute Gasteiger partial charge is 0.324 e. The van der Waals surface area contributed by atoms with Gasteiger partial charge in [-0.3, -0.25) is 9.10 Å². The fourth-order valence-electron chi connectivity index (χ4n) is 2.55. The average molecular weight is 415 g/mol. The Labute approximate surface area is 164 Å². The Bertz CT molecular complexity index is 899. The number of carbonyl (C=O) groups is 1. The molecule has 0 aliphatic carbocycles. The third kappa shape index (κ3) is 4.90. The number of sulfonamides is 1. The van der Waals surface area contributed by atoms with Crippen LogP contribution in [0, 0.1) is 6.92 Å². The molecule has 26 heavy (non-hydrogen) atoms. The summed E-state index contributed by atoms with van der Waals surface area (Å²) in [6, 6.07) is 10.8. The maximum absolute atomic E-state index is 12.8. The molecule has 0 radical (unpaired) electrons. The van der Waals surface area contributed by atoms with Crippen LogP contribution in [0.1, 0.15) is 18.9 Å². The average Bonchev–Trinajstić information content (AvgIpc) is 2.56. The van der Waals surface area contributed by atoms with Crippen molar-refractivity contribution in [2.75, 3.05) is 15.9 Å². The van der Waals surface area contributed by atoms with Gasteiger partial charge in [-0.25, -0.2) is 8.42 Å². The highest BCUT2D eigenvalue weighted by atomic mass is 35.5. The summed E-state index contributed by atoms with van der Waals surface area (Å²) < 4.78 is 25.9. The van der Waals surface area contributed by atoms with Gasteiger partial charge in [-0.05, 0) is 43.7 Å². The highest BCUT2D eigenvalue weighted by molar-refractivity contribution is 7.92. The van der Waals surface area contributed by atoms with Crippen LogP contribution >= 0.6 is 23.2 Å². The Morgan fingerprint density at radius 3 is 2.23 bits per heavy atom. The number of benzene rings is 2. The van der Waals surface area contributed by atoms with Crippen molar-refractivity contribution in [1.29, 1.82) is 0 Å². The molecule has 2 rings (SSSR count). The van der Waals surface area contributed by atoms with Gasteiger partial charge in [-0.2, -0.15) is 0 Å². The molecule has 0 heterocycles. The topological polar surface area (TPSA) is 66.5 Å². The van der Waals surface area contributed by atoms with E-state index in [1.54, 1.807) is 43.3 Å². The lowest BCUT2D eigenvalue weighted by Crippen LogP contribution is -2.47. The molecule has 2 aromatic rings. The van der Waals surface area contributed by atoms with Crippen LogP contribution in [-0.2, 0) is 14.8 Å². The molecule has 1 N–H and O–H groups in total. The summed E-state index contributed by atoms with van der Waals surface area (Å²) in [5, 5.41) is 3.38. The van der Waals surface area contributed by atoms with Gasteiger partial charge in [0.1, 0.15) is 6.04 Å². The van der Waals surface area contributed by atoms with E-state index in [1.165, 1.54) is 6.07 Å². The van der Waals surface area contributed by atoms with Crippen molar-refractivity contribution < 1.29 is 13.2 Å². The van der Waals surface area contributed by atoms with Crippen molar-refractivity contribution in [3.63, 3.8) is 0 Å². The first kappa shape index (κ1) is 20.6. The van der Waals surface area contributed by atoms with Gasteiger partial charge in [0.25, 0.3) is 0 Å². The van der Waals surface area contributed by atoms with E-state index in [-0.39, 0.29) is 0 Å². The minimum atomic E-state index is -3.67. The predicted octanol–water partition coefficient (Wildman–Crippen LogP) is 4.49. The van der Waals surface area contributed by atoms with Gasteiger partial charge in [-0.1, -0.05) is 47.8 Å². The molecular formula is C18H20Cl2N2O3S. The molecule has 0 aliphatic heterocycles. The van der Waals surface area contributed by atoms with Crippen molar-refractivity contribution in [2.45, 2.75) is 26.3 Å². The third-order valence-corrected chi connectivity index (χ3v) is 5.72. The molecule has 0 saturated heterocycles. The zero-order chi connectivity index (χ0) is 19.5. The number of carbonyl (C=O) groups excluding carboxylic acids is 1. The number of rotatable bonds is 6. The molecule has 2 aromatic carbocycles. The van der Waals surface area contributed by atoms with E-state index in [4.69, 9.17) is 23.2 Å². The lowest BCUT2D eigenvalue weighted by molar-refractivity contribution is -0.117. The number of anilines is 2. The lowest BCUT2D eigenvalue weighted by atomic mass is 10.1. The number of nitrogens with zero attached hydrogens (tertiary/aromatic N) is 1. The lowest BCUT2D eigenvalue weighted by Gasteiger charge is -2.30. The molecule has 0 unspecified atom stereocenters. The zero-order valence-corrected chi connectivity index (χ0v) is 17.0. The number of amides is 1. The number of hydrogen-bond acceptors (Lipinski definition) is 3. The molecule has 0 spiro atoms. The van der Waals surface area contributed by atoms with Gasteiger partial charge in [0, 0.05) is 5.69 Å². The SMILES string of the molecule is CC[C@@H](C(=O)Nc1ccc(Cl)c(Cl)c1)N(c1ccc(C)cc1)S(C)(=O)=O. The van der Waals surface area contributed by atoms with Crippen LogP contribution in [0.15, 0.2) is 42.5 Å². The molecule has 0 bridgehead atoms. The highest BCUT2D eigenvalue weighted by Crippen LogP contribution is 2.27. The van der Waals surface area contributed by atoms with Crippen LogP contribution in [0.25, 0.3) is 0 Å². The third-order valence-electron chi connectivity index (χ3n) is 3.81. The van der Waals surface area contributed by atoms with Gasteiger partial charge in [0.2, 0.25) is 15.9 Å². The van der Waals surface area contributed by atoms with Crippen molar-refractivity contribution in [3.8, 4) is 0 Å². The van der Waals surface area contributed by atoms with E-state index in [2.05, 4.69) is 5.32 Å². The molecular weight excluding hydrogens is 395 g/mol. The standard InChI is InChI=1S/C18H20Cl2N2O3S/c1-4-17(18(23)21-13-7-10-15(19)16(20)11-13)22(26(3,24)25)14-8-5-12(2)6-9-14/h5-11,17H,4H2,1-3H3,(H,21,23)/t17-/m0/s1. The van der Waals surface area contributed by atoms with Crippen LogP contribution < -0.4 is 9.62 Å². The molecule has 5 nitrogen and oxygen atoms in total. The summed E-state index contributed by atoms with van der Waals surface area (Å²) >= 11 is 11.8. The van der Waals surface area contributed by atoms with Crippen molar-refractivity contribution in [3.05, 3.63) is 58.1 Å². The van der Waals surface area contributed by atoms with Crippen molar-refractivity contribution >= 4 is 50.5 Å². The van der Waals surface area contributed by atoms with Crippen LogP contribution in [0.4, 0.5) is 11.4 Å². The first-order valence-electron chi connectivity index (χ1n) is 7.95. The first-order chi connectivity index (χ1) is 12.1. The number of aryl methyl sites for hydroxylation is 1. The van der Waals surface area contributed by atoms with Gasteiger partial charge in [0.05, 0.1) is 22.0 Å². The number of halogens is 2. The van der Waals surface area contributed by atoms with E-state index in [0.29, 0.717) is 27.8 Å². The smallest absolute Gasteiger partial charge is 0.248 e. The van der Waals surface area contributed by atoms with Crippen LogP contribution in [0.3, 0.4) is 0 Å². The molecule has 1 atom stereocenters. The van der Waals surface area contributed by atoms with Crippen LogP contribution in [-0.4, -0.2) is 26.6 Å². The second kappa shape index (κ2) is 8.29. The fraction of sp³-hybridized carbons (Fsp3) is 0.278. The maximum atomic E-state index is 12.8. The van der Waals surface area contributed by atoms with Crippen molar-refractivity contribution in [1.82, 2.24) is 0 Å². The van der Waals surface area contributed by atoms with Gasteiger partial charge in [-0.15, -0.1) is 0 Å². The maximum Gasteiger partial charge on any atom is 0.248 e. The molecule has 0 saturated carbocycles. The summed E-state index contributed by atoms with van der Waals surface area (Å²) in [5.41, 5.74) is 1.88. The second-order valence-electron chi connectivity index (χ2n) is 5.94. The van der Waals surface area contributed by atoms with Crippen LogP contribution in [0.2, 0.25) is 10.0 Å². The van der Waals surface area contributed by atoms with E-state index >= 15 is 0 Å². The molecule has 0 aromatic heterocycles. The normalized spacial score (nSPS) is 12.5. The minimum Gasteiger partial charge on any atom is -0.324 e. The fourth-order valence-corrected chi connectivity index (χ4v) is 4.06. The summed E-state index contributed by atoms with van der Waals surface area (Å²) in [7, 11) is -3.67. The van der Waals surface area contributed by atoms with E-state index in [9.17, 15) is 13.2 Å². The van der Waals surface area contributed by atoms with E-state index in [1.807, 2.05) is 6.92 Å². The Kier molecular flexibility index (Phi) is 6.55. The second-order valence-corrected chi connectivity index (χ2v) is 8.61. The molecule has 1 amide bonds. The van der Waals surface area contributed by atoms with Crippen LogP contribution in [0.5, 0.6) is 0 Å². The summed E-state index contributed by atoms with van der Waals surface area (Å²) in [5.74, 6) is -0.447. The molecule has 140 valence electrons. The molecule has 8 heteroatoms. The Morgan fingerprint density at radius 1 is 1.12 bits per heavy atom. The van der Waals surface area contributed by atoms with E-state index < -0.39 is 22.0 Å². The first-order valence-corrected chi connectivity index (χ1v) is 10.6. The highest BCUT2D eigenvalue weighted by Gasteiger charge is 2.31. The number of hydrogen-bond donors (Lipinski definition) is 1. The van der Waals surface area contributed by atoms with Crippen molar-refractivity contribution in [2.24, 2.45) is 0 Å². The predicted molar refractivity (Wildman–Crippen MR) is 108 cm³/mol. The van der Waals surface area contributed by atoms with Gasteiger partial charge >= 0.3 is 0 Å². The Hall–Kier alpha value is -1.76. The molecule has 0 fully saturated rings. The monoisotopic (exact) mass is 414 g/mol. The summed E-state index contributed by atoms with van der Waals surface area (Å²) in [6.07, 6.45) is 1.38.